The first kappa shape index (κ1) is 9.98. The van der Waals surface area contributed by atoms with Gasteiger partial charge in [0.15, 0.2) is 5.16 Å². The van der Waals surface area contributed by atoms with Crippen molar-refractivity contribution >= 4 is 11.8 Å². The minimum atomic E-state index is 0.264. The summed E-state index contributed by atoms with van der Waals surface area (Å²) in [5.74, 6) is 0.264. The van der Waals surface area contributed by atoms with E-state index in [9.17, 15) is 0 Å². The maximum atomic E-state index is 9.15. The zero-order valence-electron chi connectivity index (χ0n) is 8.21. The molecule has 0 atom stereocenters. The highest BCUT2D eigenvalue weighted by Crippen LogP contribution is 2.21. The van der Waals surface area contributed by atoms with Gasteiger partial charge in [0.2, 0.25) is 0 Å². The number of hydrogen-bond acceptors (Lipinski definition) is 4. The molecule has 76 valence electrons. The molecule has 2 aromatic rings. The molecule has 0 bridgehead atoms. The van der Waals surface area contributed by atoms with Gasteiger partial charge in [-0.1, -0.05) is 23.9 Å². The summed E-state index contributed by atoms with van der Waals surface area (Å²) in [6.07, 6.45) is 5.51. The summed E-state index contributed by atoms with van der Waals surface area (Å²) in [7, 11) is 0. The average Bonchev–Trinajstić information content (AvgIpc) is 2.30. The van der Waals surface area contributed by atoms with Crippen molar-refractivity contribution in [2.45, 2.75) is 5.16 Å². The van der Waals surface area contributed by atoms with Crippen LogP contribution in [-0.2, 0) is 0 Å². The van der Waals surface area contributed by atoms with Gasteiger partial charge < -0.3 is 5.11 Å². The van der Waals surface area contributed by atoms with E-state index < -0.39 is 0 Å². The lowest BCUT2D eigenvalue weighted by Gasteiger charge is -2.01. The van der Waals surface area contributed by atoms with Crippen LogP contribution >= 0.6 is 11.8 Å². The molecular weight excluding hydrogens is 208 g/mol. The van der Waals surface area contributed by atoms with Crippen LogP contribution in [0.5, 0.6) is 5.75 Å². The minimum Gasteiger partial charge on any atom is -0.508 e. The van der Waals surface area contributed by atoms with Crippen LogP contribution in [-0.4, -0.2) is 21.3 Å². The molecule has 4 heteroatoms. The van der Waals surface area contributed by atoms with Crippen molar-refractivity contribution in [1.29, 1.82) is 0 Å². The third kappa shape index (κ3) is 2.27. The van der Waals surface area contributed by atoms with Crippen LogP contribution in [0, 0.1) is 0 Å². The minimum absolute atomic E-state index is 0.264. The smallest absolute Gasteiger partial charge is 0.187 e. The molecule has 0 radical (unpaired) electrons. The van der Waals surface area contributed by atoms with E-state index in [-0.39, 0.29) is 5.75 Å². The highest BCUT2D eigenvalue weighted by molar-refractivity contribution is 7.98. The second kappa shape index (κ2) is 4.31. The fraction of sp³-hybridized carbons (Fsp3) is 0.0909. The lowest BCUT2D eigenvalue weighted by Crippen LogP contribution is -1.86. The number of thioether (sulfide) groups is 1. The van der Waals surface area contributed by atoms with Crippen LogP contribution in [0.15, 0.2) is 41.8 Å². The molecule has 0 aliphatic rings. The monoisotopic (exact) mass is 218 g/mol. The second-order valence-corrected chi connectivity index (χ2v) is 3.78. The van der Waals surface area contributed by atoms with Crippen molar-refractivity contribution in [3.63, 3.8) is 0 Å². The van der Waals surface area contributed by atoms with E-state index in [2.05, 4.69) is 9.97 Å². The van der Waals surface area contributed by atoms with E-state index in [4.69, 9.17) is 5.11 Å². The molecule has 0 fully saturated rings. The maximum Gasteiger partial charge on any atom is 0.187 e. The normalized spacial score (nSPS) is 10.2. The number of nitrogens with zero attached hydrogens (tertiary/aromatic N) is 2. The molecule has 2 rings (SSSR count). The van der Waals surface area contributed by atoms with Crippen LogP contribution in [0.2, 0.25) is 0 Å². The summed E-state index contributed by atoms with van der Waals surface area (Å²) in [5, 5.41) is 9.91. The largest absolute Gasteiger partial charge is 0.508 e. The number of benzene rings is 1. The first-order chi connectivity index (χ1) is 7.29. The van der Waals surface area contributed by atoms with Gasteiger partial charge in [0, 0.05) is 18.0 Å². The first-order valence-corrected chi connectivity index (χ1v) is 5.67. The summed E-state index contributed by atoms with van der Waals surface area (Å²) < 4.78 is 0. The van der Waals surface area contributed by atoms with E-state index in [1.807, 2.05) is 18.4 Å². The van der Waals surface area contributed by atoms with Gasteiger partial charge in [0.05, 0.1) is 0 Å². The van der Waals surface area contributed by atoms with Crippen LogP contribution < -0.4 is 0 Å². The Balaban J connectivity index is 2.33. The van der Waals surface area contributed by atoms with Crippen LogP contribution in [0.4, 0.5) is 0 Å². The van der Waals surface area contributed by atoms with Crippen molar-refractivity contribution in [3.05, 3.63) is 36.7 Å². The Morgan fingerprint density at radius 3 is 2.13 bits per heavy atom. The summed E-state index contributed by atoms with van der Waals surface area (Å²) in [6, 6.07) is 6.98. The van der Waals surface area contributed by atoms with Gasteiger partial charge in [0.25, 0.3) is 0 Å². The number of aromatic hydroxyl groups is 1. The van der Waals surface area contributed by atoms with Crippen LogP contribution in [0.1, 0.15) is 0 Å². The zero-order valence-corrected chi connectivity index (χ0v) is 9.03. The molecule has 1 N–H and O–H groups in total. The Kier molecular flexibility index (Phi) is 2.87. The molecule has 0 saturated carbocycles. The Hall–Kier alpha value is -1.55. The summed E-state index contributed by atoms with van der Waals surface area (Å²) in [4.78, 5) is 8.37. The molecule has 0 saturated heterocycles. The van der Waals surface area contributed by atoms with Gasteiger partial charge in [-0.3, -0.25) is 0 Å². The van der Waals surface area contributed by atoms with Crippen molar-refractivity contribution in [1.82, 2.24) is 9.97 Å². The summed E-state index contributed by atoms with van der Waals surface area (Å²) >= 11 is 1.51. The topological polar surface area (TPSA) is 46.0 Å². The number of rotatable bonds is 2. The Morgan fingerprint density at radius 2 is 1.60 bits per heavy atom. The number of hydrogen-bond donors (Lipinski definition) is 1. The fourth-order valence-electron chi connectivity index (χ4n) is 1.22. The molecule has 1 aromatic carbocycles. The molecule has 3 nitrogen and oxygen atoms in total. The van der Waals surface area contributed by atoms with Crippen molar-refractivity contribution in [2.24, 2.45) is 0 Å². The molecule has 1 aromatic heterocycles. The average molecular weight is 218 g/mol. The molecule has 0 amide bonds. The summed E-state index contributed by atoms with van der Waals surface area (Å²) in [5.41, 5.74) is 1.95. The molecule has 0 unspecified atom stereocenters. The standard InChI is InChI=1S/C11H10N2OS/c1-15-11-12-6-9(7-13-11)8-2-4-10(14)5-3-8/h2-7,14H,1H3. The second-order valence-electron chi connectivity index (χ2n) is 3.01. The molecule has 0 spiro atoms. The highest BCUT2D eigenvalue weighted by Gasteiger charge is 1.99. The summed E-state index contributed by atoms with van der Waals surface area (Å²) in [6.45, 7) is 0. The van der Waals surface area contributed by atoms with E-state index in [1.165, 1.54) is 11.8 Å². The number of phenolic OH excluding ortho intramolecular Hbond substituents is 1. The lowest BCUT2D eigenvalue weighted by atomic mass is 10.1. The SMILES string of the molecule is CSc1ncc(-c2ccc(O)cc2)cn1. The van der Waals surface area contributed by atoms with E-state index in [0.717, 1.165) is 16.3 Å². The predicted octanol–water partition coefficient (Wildman–Crippen LogP) is 2.57. The van der Waals surface area contributed by atoms with Gasteiger partial charge >= 0.3 is 0 Å². The third-order valence-electron chi connectivity index (χ3n) is 2.01. The third-order valence-corrected chi connectivity index (χ3v) is 2.59. The van der Waals surface area contributed by atoms with Gasteiger partial charge in [0.1, 0.15) is 5.75 Å². The van der Waals surface area contributed by atoms with Crippen LogP contribution in [0.25, 0.3) is 11.1 Å². The number of aromatic nitrogens is 2. The molecule has 0 aliphatic carbocycles. The maximum absolute atomic E-state index is 9.15. The lowest BCUT2D eigenvalue weighted by molar-refractivity contribution is 0.475. The number of phenols is 1. The predicted molar refractivity (Wildman–Crippen MR) is 60.9 cm³/mol. The van der Waals surface area contributed by atoms with Gasteiger partial charge in [-0.15, -0.1) is 0 Å². The quantitative estimate of drug-likeness (QED) is 0.621. The molecular formula is C11H10N2OS. The zero-order chi connectivity index (χ0) is 10.7. The van der Waals surface area contributed by atoms with E-state index >= 15 is 0 Å². The highest BCUT2D eigenvalue weighted by atomic mass is 32.2. The Bertz CT molecular complexity index is 439. The van der Waals surface area contributed by atoms with Crippen molar-refractivity contribution in [3.8, 4) is 16.9 Å². The molecule has 15 heavy (non-hydrogen) atoms. The van der Waals surface area contributed by atoms with Crippen LogP contribution in [0.3, 0.4) is 0 Å². The van der Waals surface area contributed by atoms with Crippen molar-refractivity contribution < 1.29 is 5.11 Å². The van der Waals surface area contributed by atoms with Gasteiger partial charge in [-0.2, -0.15) is 0 Å². The Labute approximate surface area is 92.2 Å². The fourth-order valence-corrected chi connectivity index (χ4v) is 1.54. The van der Waals surface area contributed by atoms with Gasteiger partial charge in [-0.25, -0.2) is 9.97 Å². The molecule has 0 aliphatic heterocycles. The first-order valence-electron chi connectivity index (χ1n) is 4.45. The van der Waals surface area contributed by atoms with Crippen molar-refractivity contribution in [2.75, 3.05) is 6.26 Å². The van der Waals surface area contributed by atoms with E-state index in [0.29, 0.717) is 0 Å². The molecule has 1 heterocycles. The van der Waals surface area contributed by atoms with E-state index in [1.54, 1.807) is 24.5 Å². The van der Waals surface area contributed by atoms with Gasteiger partial charge in [-0.05, 0) is 24.0 Å². The Morgan fingerprint density at radius 1 is 1.00 bits per heavy atom.